The normalized spacial score (nSPS) is 11.5. The van der Waals surface area contributed by atoms with Crippen LogP contribution in [-0.4, -0.2) is 35.1 Å². The van der Waals surface area contributed by atoms with Crippen LogP contribution in [0.1, 0.15) is 13.8 Å². The van der Waals surface area contributed by atoms with Crippen LogP contribution in [0.4, 0.5) is 0 Å². The van der Waals surface area contributed by atoms with Crippen LogP contribution in [0.3, 0.4) is 0 Å². The topological polar surface area (TPSA) is 81.3 Å². The molecule has 1 heterocycles. The third-order valence-corrected chi connectivity index (χ3v) is 3.48. The molecule has 1 aromatic carbocycles. The smallest absolute Gasteiger partial charge is 0.345 e. The lowest BCUT2D eigenvalue weighted by atomic mass is 10.3. The number of esters is 2. The number of aromatic amines is 1. The number of imidazole rings is 1. The Morgan fingerprint density at radius 1 is 1.23 bits per heavy atom. The number of H-pyrrole nitrogens is 1. The highest BCUT2D eigenvalue weighted by Gasteiger charge is 2.17. The van der Waals surface area contributed by atoms with E-state index in [-0.39, 0.29) is 18.1 Å². The van der Waals surface area contributed by atoms with Crippen molar-refractivity contribution in [2.24, 2.45) is 0 Å². The molecule has 0 amide bonds. The summed E-state index contributed by atoms with van der Waals surface area (Å²) in [7, 11) is 0. The second kappa shape index (κ2) is 7.65. The molecule has 0 spiro atoms. The summed E-state index contributed by atoms with van der Waals surface area (Å²) in [6.07, 6.45) is 1.12. The number of carbonyl (C=O) groups excluding carboxylic acids is 2. The third-order valence-electron chi connectivity index (χ3n) is 2.59. The van der Waals surface area contributed by atoms with Crippen LogP contribution >= 0.6 is 11.8 Å². The molecule has 6 nitrogen and oxygen atoms in total. The molecule has 0 radical (unpaired) electrons. The molecule has 116 valence electrons. The average molecular weight is 320 g/mol. The fourth-order valence-corrected chi connectivity index (χ4v) is 2.52. The molecular formula is C15H16N2O4S. The number of carbonyl (C=O) groups is 2. The predicted octanol–water partition coefficient (Wildman–Crippen LogP) is 2.67. The maximum atomic E-state index is 11.9. The summed E-state index contributed by atoms with van der Waals surface area (Å²) in [5.41, 5.74) is 1.63. The van der Waals surface area contributed by atoms with Gasteiger partial charge in [0.1, 0.15) is 4.91 Å². The lowest BCUT2D eigenvalue weighted by Gasteiger charge is -2.04. The van der Waals surface area contributed by atoms with Gasteiger partial charge in [0.15, 0.2) is 5.16 Å². The summed E-state index contributed by atoms with van der Waals surface area (Å²) in [5, 5.41) is 0.504. The molecule has 2 aromatic rings. The fraction of sp³-hybridized carbons (Fsp3) is 0.267. The highest BCUT2D eigenvalue weighted by molar-refractivity contribution is 8.03. The number of thioether (sulfide) groups is 1. The van der Waals surface area contributed by atoms with Crippen molar-refractivity contribution in [2.75, 3.05) is 13.2 Å². The number of aromatic nitrogens is 2. The van der Waals surface area contributed by atoms with Gasteiger partial charge in [0, 0.05) is 6.08 Å². The van der Waals surface area contributed by atoms with Gasteiger partial charge >= 0.3 is 11.9 Å². The van der Waals surface area contributed by atoms with E-state index in [9.17, 15) is 9.59 Å². The van der Waals surface area contributed by atoms with Crippen LogP contribution in [0.5, 0.6) is 0 Å². The number of nitrogens with one attached hydrogen (secondary N) is 1. The van der Waals surface area contributed by atoms with Crippen molar-refractivity contribution < 1.29 is 19.1 Å². The molecule has 7 heteroatoms. The van der Waals surface area contributed by atoms with Crippen molar-refractivity contribution in [1.29, 1.82) is 0 Å². The van der Waals surface area contributed by atoms with Gasteiger partial charge in [-0.25, -0.2) is 14.6 Å². The van der Waals surface area contributed by atoms with Gasteiger partial charge < -0.3 is 14.5 Å². The van der Waals surface area contributed by atoms with E-state index < -0.39 is 11.9 Å². The molecule has 1 N–H and O–H groups in total. The number of benzene rings is 1. The highest BCUT2D eigenvalue weighted by atomic mass is 32.2. The molecule has 1 aromatic heterocycles. The van der Waals surface area contributed by atoms with E-state index in [1.54, 1.807) is 13.8 Å². The van der Waals surface area contributed by atoms with Crippen molar-refractivity contribution in [3.63, 3.8) is 0 Å². The van der Waals surface area contributed by atoms with Gasteiger partial charge in [-0.1, -0.05) is 12.1 Å². The molecule has 0 fully saturated rings. The third kappa shape index (κ3) is 4.11. The van der Waals surface area contributed by atoms with Crippen molar-refractivity contribution in [3.05, 3.63) is 35.2 Å². The molecule has 0 atom stereocenters. The van der Waals surface area contributed by atoms with Gasteiger partial charge in [-0.2, -0.15) is 0 Å². The predicted molar refractivity (Wildman–Crippen MR) is 83.3 cm³/mol. The first-order valence-corrected chi connectivity index (χ1v) is 7.63. The Labute approximate surface area is 131 Å². The number of rotatable bonds is 6. The molecule has 0 aliphatic rings. The minimum atomic E-state index is -0.589. The molecule has 2 rings (SSSR count). The van der Waals surface area contributed by atoms with Gasteiger partial charge in [-0.3, -0.25) is 0 Å². The quantitative estimate of drug-likeness (QED) is 0.500. The van der Waals surface area contributed by atoms with Crippen molar-refractivity contribution in [2.45, 2.75) is 19.0 Å². The van der Waals surface area contributed by atoms with E-state index in [1.807, 2.05) is 24.3 Å². The first kappa shape index (κ1) is 16.1. The number of nitrogens with zero attached hydrogens (tertiary/aromatic N) is 1. The number of para-hydroxylation sites is 2. The van der Waals surface area contributed by atoms with Crippen LogP contribution in [0.25, 0.3) is 11.0 Å². The summed E-state index contributed by atoms with van der Waals surface area (Å²) in [6, 6.07) is 7.49. The molecular weight excluding hydrogens is 304 g/mol. The van der Waals surface area contributed by atoms with E-state index in [0.717, 1.165) is 28.9 Å². The zero-order chi connectivity index (χ0) is 15.9. The van der Waals surface area contributed by atoms with Crippen molar-refractivity contribution >= 4 is 34.7 Å². The Morgan fingerprint density at radius 2 is 1.95 bits per heavy atom. The average Bonchev–Trinajstić information content (AvgIpc) is 2.89. The Kier molecular flexibility index (Phi) is 5.60. The van der Waals surface area contributed by atoms with E-state index in [0.29, 0.717) is 5.16 Å². The lowest BCUT2D eigenvalue weighted by Crippen LogP contribution is -2.09. The van der Waals surface area contributed by atoms with E-state index in [2.05, 4.69) is 9.97 Å². The summed E-state index contributed by atoms with van der Waals surface area (Å²) in [5.74, 6) is -1.17. The van der Waals surface area contributed by atoms with Crippen molar-refractivity contribution in [1.82, 2.24) is 9.97 Å². The number of hydrogen-bond donors (Lipinski definition) is 1. The first-order chi connectivity index (χ1) is 10.6. The SMILES string of the molecule is CCOC(=O)C=C(Sc1nc2ccccc2[nH]1)C(=O)OCC. The standard InChI is InChI=1S/C15H16N2O4S/c1-3-20-13(18)9-12(14(19)21-4-2)22-15-16-10-7-5-6-8-11(10)17-15/h5-9H,3-4H2,1-2H3,(H,16,17). The summed E-state index contributed by atoms with van der Waals surface area (Å²) in [6.45, 7) is 3.86. The zero-order valence-corrected chi connectivity index (χ0v) is 13.1. The van der Waals surface area contributed by atoms with E-state index >= 15 is 0 Å². The molecule has 0 saturated carbocycles. The minimum absolute atomic E-state index is 0.124. The summed E-state index contributed by atoms with van der Waals surface area (Å²) >= 11 is 1.04. The van der Waals surface area contributed by atoms with Gasteiger partial charge in [-0.15, -0.1) is 0 Å². The largest absolute Gasteiger partial charge is 0.463 e. The zero-order valence-electron chi connectivity index (χ0n) is 12.3. The summed E-state index contributed by atoms with van der Waals surface area (Å²) in [4.78, 5) is 31.1. The lowest BCUT2D eigenvalue weighted by molar-refractivity contribution is -0.140. The fourth-order valence-electron chi connectivity index (χ4n) is 1.71. The monoisotopic (exact) mass is 320 g/mol. The molecule has 0 bridgehead atoms. The van der Waals surface area contributed by atoms with Crippen LogP contribution in [0.2, 0.25) is 0 Å². The van der Waals surface area contributed by atoms with E-state index in [1.165, 1.54) is 0 Å². The maximum Gasteiger partial charge on any atom is 0.345 e. The minimum Gasteiger partial charge on any atom is -0.463 e. The Bertz CT molecular complexity index is 675. The van der Waals surface area contributed by atoms with Crippen molar-refractivity contribution in [3.8, 4) is 0 Å². The van der Waals surface area contributed by atoms with Crippen LogP contribution < -0.4 is 0 Å². The first-order valence-electron chi connectivity index (χ1n) is 6.82. The number of hydrogen-bond acceptors (Lipinski definition) is 6. The van der Waals surface area contributed by atoms with E-state index in [4.69, 9.17) is 9.47 Å². The Morgan fingerprint density at radius 3 is 2.64 bits per heavy atom. The van der Waals surface area contributed by atoms with Gasteiger partial charge in [-0.05, 0) is 37.7 Å². The van der Waals surface area contributed by atoms with Crippen LogP contribution in [0, 0.1) is 0 Å². The van der Waals surface area contributed by atoms with Crippen LogP contribution in [-0.2, 0) is 19.1 Å². The number of fused-ring (bicyclic) bond motifs is 1. The second-order valence-electron chi connectivity index (χ2n) is 4.14. The van der Waals surface area contributed by atoms with Gasteiger partial charge in [0.2, 0.25) is 0 Å². The van der Waals surface area contributed by atoms with Gasteiger partial charge in [0.05, 0.1) is 24.2 Å². The van der Waals surface area contributed by atoms with Crippen LogP contribution in [0.15, 0.2) is 40.4 Å². The number of ether oxygens (including phenoxy) is 2. The Hall–Kier alpha value is -2.28. The molecule has 0 aliphatic heterocycles. The summed E-state index contributed by atoms with van der Waals surface area (Å²) < 4.78 is 9.78. The second-order valence-corrected chi connectivity index (χ2v) is 5.17. The Balaban J connectivity index is 2.24. The molecule has 0 aliphatic carbocycles. The molecule has 22 heavy (non-hydrogen) atoms. The molecule has 0 unspecified atom stereocenters. The highest BCUT2D eigenvalue weighted by Crippen LogP contribution is 2.27. The molecule has 0 saturated heterocycles. The maximum absolute atomic E-state index is 11.9. The van der Waals surface area contributed by atoms with Gasteiger partial charge in [0.25, 0.3) is 0 Å².